The highest BCUT2D eigenvalue weighted by atomic mass is 35.5. The molecule has 1 heterocycles. The Kier molecular flexibility index (Phi) is 4.85. The smallest absolute Gasteiger partial charge is 0.242 e. The summed E-state index contributed by atoms with van der Waals surface area (Å²) in [4.78, 5) is 3.26. The molecule has 0 saturated heterocycles. The van der Waals surface area contributed by atoms with Crippen molar-refractivity contribution in [3.8, 4) is 0 Å². The van der Waals surface area contributed by atoms with E-state index in [1.54, 1.807) is 12.2 Å². The summed E-state index contributed by atoms with van der Waals surface area (Å²) in [5.74, 6) is -0.386. The maximum absolute atomic E-state index is 12.8. The van der Waals surface area contributed by atoms with Crippen LogP contribution in [0.3, 0.4) is 0 Å². The normalized spacial score (nSPS) is 12.1. The molecule has 0 fully saturated rings. The quantitative estimate of drug-likeness (QED) is 0.644. The number of nitrogens with one attached hydrogen (secondary N) is 1. The predicted molar refractivity (Wildman–Crippen MR) is 59.2 cm³/mol. The molecule has 0 aliphatic heterocycles. The molecule has 0 radical (unpaired) electrons. The third-order valence-electron chi connectivity index (χ3n) is 1.64. The first-order chi connectivity index (χ1) is 7.56. The van der Waals surface area contributed by atoms with Crippen LogP contribution < -0.4 is 4.72 Å². The van der Waals surface area contributed by atoms with Crippen LogP contribution in [0.1, 0.15) is 0 Å². The summed E-state index contributed by atoms with van der Waals surface area (Å²) in [6.45, 7) is 0.103. The Hall–Kier alpha value is -0.980. The van der Waals surface area contributed by atoms with Gasteiger partial charge < -0.3 is 0 Å². The van der Waals surface area contributed by atoms with Crippen molar-refractivity contribution in [2.45, 2.75) is 4.90 Å². The van der Waals surface area contributed by atoms with Crippen molar-refractivity contribution in [1.82, 2.24) is 9.71 Å². The molecule has 0 spiro atoms. The second-order valence-corrected chi connectivity index (χ2v) is 4.89. The van der Waals surface area contributed by atoms with E-state index >= 15 is 0 Å². The molecule has 1 rings (SSSR count). The maximum Gasteiger partial charge on any atom is 0.242 e. The topological polar surface area (TPSA) is 59.1 Å². The minimum atomic E-state index is -3.71. The van der Waals surface area contributed by atoms with Crippen LogP contribution in [-0.2, 0) is 10.0 Å². The van der Waals surface area contributed by atoms with Gasteiger partial charge in [-0.15, -0.1) is 11.6 Å². The second kappa shape index (κ2) is 5.93. The van der Waals surface area contributed by atoms with E-state index in [4.69, 9.17) is 11.6 Å². The number of hydrogen-bond donors (Lipinski definition) is 1. The average molecular weight is 265 g/mol. The monoisotopic (exact) mass is 264 g/mol. The summed E-state index contributed by atoms with van der Waals surface area (Å²) >= 11 is 5.37. The lowest BCUT2D eigenvalue weighted by Crippen LogP contribution is -2.24. The molecule has 16 heavy (non-hydrogen) atoms. The Bertz CT molecular complexity index is 476. The highest BCUT2D eigenvalue weighted by Gasteiger charge is 2.13. The van der Waals surface area contributed by atoms with Crippen LogP contribution >= 0.6 is 11.6 Å². The molecule has 0 aromatic carbocycles. The standard InChI is InChI=1S/C9H10ClFN2O2S/c10-3-1-2-4-13-16(14,15)9-5-8(11)6-12-7-9/h1-2,5-7,13H,3-4H2/b2-1+. The van der Waals surface area contributed by atoms with Gasteiger partial charge in [0, 0.05) is 18.6 Å². The first-order valence-corrected chi connectivity index (χ1v) is 6.39. The highest BCUT2D eigenvalue weighted by molar-refractivity contribution is 7.89. The molecule has 0 aliphatic carbocycles. The molecule has 4 nitrogen and oxygen atoms in total. The van der Waals surface area contributed by atoms with Crippen LogP contribution in [0.2, 0.25) is 0 Å². The molecule has 1 aromatic rings. The van der Waals surface area contributed by atoms with Crippen molar-refractivity contribution in [1.29, 1.82) is 0 Å². The van der Waals surface area contributed by atoms with E-state index in [1.807, 2.05) is 0 Å². The van der Waals surface area contributed by atoms with E-state index in [0.29, 0.717) is 5.88 Å². The minimum absolute atomic E-state index is 0.103. The van der Waals surface area contributed by atoms with E-state index in [-0.39, 0.29) is 11.4 Å². The fourth-order valence-electron chi connectivity index (χ4n) is 0.927. The van der Waals surface area contributed by atoms with Crippen LogP contribution in [0.5, 0.6) is 0 Å². The van der Waals surface area contributed by atoms with Gasteiger partial charge in [0.1, 0.15) is 10.7 Å². The lowest BCUT2D eigenvalue weighted by molar-refractivity contribution is 0.579. The average Bonchev–Trinajstić information content (AvgIpc) is 2.24. The van der Waals surface area contributed by atoms with Gasteiger partial charge in [0.25, 0.3) is 0 Å². The maximum atomic E-state index is 12.8. The van der Waals surface area contributed by atoms with Gasteiger partial charge in [-0.05, 0) is 6.07 Å². The van der Waals surface area contributed by atoms with Crippen molar-refractivity contribution < 1.29 is 12.8 Å². The molecule has 0 bridgehead atoms. The van der Waals surface area contributed by atoms with Crippen LogP contribution in [0.4, 0.5) is 4.39 Å². The summed E-state index contributed by atoms with van der Waals surface area (Å²) in [6.07, 6.45) is 5.19. The zero-order valence-corrected chi connectivity index (χ0v) is 9.80. The van der Waals surface area contributed by atoms with Crippen molar-refractivity contribution >= 4 is 21.6 Å². The van der Waals surface area contributed by atoms with Crippen LogP contribution in [0.15, 0.2) is 35.5 Å². The summed E-state index contributed by atoms with van der Waals surface area (Å²) in [5.41, 5.74) is 0. The zero-order chi connectivity index (χ0) is 12.0. The molecular weight excluding hydrogens is 255 g/mol. The Morgan fingerprint density at radius 1 is 1.44 bits per heavy atom. The first kappa shape index (κ1) is 13.1. The predicted octanol–water partition coefficient (Wildman–Crippen LogP) is 1.29. The van der Waals surface area contributed by atoms with Gasteiger partial charge in [0.2, 0.25) is 10.0 Å². The molecule has 1 aromatic heterocycles. The van der Waals surface area contributed by atoms with Crippen LogP contribution in [0, 0.1) is 5.82 Å². The molecule has 0 aliphatic rings. The number of hydrogen-bond acceptors (Lipinski definition) is 3. The van der Waals surface area contributed by atoms with Crippen molar-refractivity contribution in [2.24, 2.45) is 0 Å². The van der Waals surface area contributed by atoms with Gasteiger partial charge >= 0.3 is 0 Å². The third kappa shape index (κ3) is 3.88. The van der Waals surface area contributed by atoms with Crippen molar-refractivity contribution in [2.75, 3.05) is 12.4 Å². The number of allylic oxidation sites excluding steroid dienone is 1. The highest BCUT2D eigenvalue weighted by Crippen LogP contribution is 2.07. The summed E-state index contributed by atoms with van der Waals surface area (Å²) in [5, 5.41) is 0. The first-order valence-electron chi connectivity index (χ1n) is 4.37. The van der Waals surface area contributed by atoms with E-state index in [9.17, 15) is 12.8 Å². The van der Waals surface area contributed by atoms with Crippen LogP contribution in [-0.4, -0.2) is 25.8 Å². The molecular formula is C9H10ClFN2O2S. The van der Waals surface area contributed by atoms with E-state index in [1.165, 1.54) is 0 Å². The summed E-state index contributed by atoms with van der Waals surface area (Å²) < 4.78 is 38.1. The largest absolute Gasteiger partial charge is 0.260 e. The fraction of sp³-hybridized carbons (Fsp3) is 0.222. The summed E-state index contributed by atoms with van der Waals surface area (Å²) in [6, 6.07) is 0.903. The molecule has 88 valence electrons. The minimum Gasteiger partial charge on any atom is -0.260 e. The number of alkyl halides is 1. The third-order valence-corrected chi connectivity index (χ3v) is 3.21. The van der Waals surface area contributed by atoms with E-state index in [2.05, 4.69) is 9.71 Å². The number of aromatic nitrogens is 1. The summed E-state index contributed by atoms with van der Waals surface area (Å²) in [7, 11) is -3.71. The second-order valence-electron chi connectivity index (χ2n) is 2.82. The Labute approximate surface area is 98.2 Å². The fourth-order valence-corrected chi connectivity index (χ4v) is 2.00. The number of sulfonamides is 1. The van der Waals surface area contributed by atoms with Crippen molar-refractivity contribution in [3.05, 3.63) is 36.4 Å². The van der Waals surface area contributed by atoms with Gasteiger partial charge in [-0.25, -0.2) is 17.5 Å². The van der Waals surface area contributed by atoms with Gasteiger partial charge in [0.05, 0.1) is 6.20 Å². The Morgan fingerprint density at radius 2 is 2.19 bits per heavy atom. The molecule has 7 heteroatoms. The van der Waals surface area contributed by atoms with Gasteiger partial charge in [0.15, 0.2) is 0 Å². The van der Waals surface area contributed by atoms with Gasteiger partial charge in [-0.3, -0.25) is 4.98 Å². The van der Waals surface area contributed by atoms with E-state index in [0.717, 1.165) is 18.5 Å². The number of nitrogens with zero attached hydrogens (tertiary/aromatic N) is 1. The zero-order valence-electron chi connectivity index (χ0n) is 8.23. The van der Waals surface area contributed by atoms with Crippen molar-refractivity contribution in [3.63, 3.8) is 0 Å². The molecule has 0 unspecified atom stereocenters. The van der Waals surface area contributed by atoms with Crippen LogP contribution in [0.25, 0.3) is 0 Å². The number of rotatable bonds is 5. The van der Waals surface area contributed by atoms with E-state index < -0.39 is 15.8 Å². The molecule has 1 N–H and O–H groups in total. The van der Waals surface area contributed by atoms with Gasteiger partial charge in [-0.1, -0.05) is 12.2 Å². The van der Waals surface area contributed by atoms with Gasteiger partial charge in [-0.2, -0.15) is 0 Å². The Balaban J connectivity index is 2.75. The lowest BCUT2D eigenvalue weighted by Gasteiger charge is -2.03. The molecule has 0 atom stereocenters. The Morgan fingerprint density at radius 3 is 2.81 bits per heavy atom. The molecule has 0 amide bonds. The SMILES string of the molecule is O=S(=O)(NC/C=C/CCl)c1cncc(F)c1. The number of halogens is 2. The molecule has 0 saturated carbocycles. The number of pyridine rings is 1. The lowest BCUT2D eigenvalue weighted by atomic mass is 10.5.